The predicted molar refractivity (Wildman–Crippen MR) is 150 cm³/mol. The lowest BCUT2D eigenvalue weighted by Crippen LogP contribution is -2.63. The Hall–Kier alpha value is -4.85. The third kappa shape index (κ3) is 8.01. The minimum Gasteiger partial charge on any atom is -0.497 e. The molecule has 14 heteroatoms. The quantitative estimate of drug-likeness (QED) is 0.277. The maximum atomic E-state index is 13.5. The summed E-state index contributed by atoms with van der Waals surface area (Å²) in [7, 11) is 2.98. The molecular formula is C31H34O14. The third-order valence-electron chi connectivity index (χ3n) is 6.93. The van der Waals surface area contributed by atoms with Crippen LogP contribution in [0.3, 0.4) is 0 Å². The number of carbonyl (C=O) groups excluding carboxylic acids is 5. The summed E-state index contributed by atoms with van der Waals surface area (Å²) in [5, 5.41) is 0. The number of ether oxygens (including phenoxy) is 9. The fraction of sp³-hybridized carbons (Fsp3) is 0.452. The van der Waals surface area contributed by atoms with E-state index in [2.05, 4.69) is 0 Å². The van der Waals surface area contributed by atoms with Crippen LogP contribution in [0.4, 0.5) is 0 Å². The van der Waals surface area contributed by atoms with Gasteiger partial charge in [0.15, 0.2) is 12.2 Å². The summed E-state index contributed by atoms with van der Waals surface area (Å²) in [4.78, 5) is 61.5. The zero-order valence-electron chi connectivity index (χ0n) is 25.6. The fourth-order valence-electron chi connectivity index (χ4n) is 5.09. The number of benzene rings is 2. The average Bonchev–Trinajstić information content (AvgIpc) is 2.98. The highest BCUT2D eigenvalue weighted by Crippen LogP contribution is 2.40. The van der Waals surface area contributed by atoms with E-state index < -0.39 is 73.3 Å². The molecular weight excluding hydrogens is 596 g/mol. The number of hydrogen-bond donors (Lipinski definition) is 0. The van der Waals surface area contributed by atoms with Crippen molar-refractivity contribution in [3.05, 3.63) is 53.1 Å². The first-order valence-corrected chi connectivity index (χ1v) is 13.9. The van der Waals surface area contributed by atoms with E-state index in [1.54, 1.807) is 37.4 Å². The summed E-state index contributed by atoms with van der Waals surface area (Å²) in [6.07, 6.45) is -7.49. The summed E-state index contributed by atoms with van der Waals surface area (Å²) in [6, 6.07) is 10.2. The predicted octanol–water partition coefficient (Wildman–Crippen LogP) is 2.62. The first kappa shape index (κ1) is 33.1. The Kier molecular flexibility index (Phi) is 10.5. The molecule has 0 bridgehead atoms. The summed E-state index contributed by atoms with van der Waals surface area (Å²) in [5.74, 6) is -2.83. The van der Waals surface area contributed by atoms with E-state index >= 15 is 0 Å². The Morgan fingerprint density at radius 1 is 0.778 bits per heavy atom. The first-order chi connectivity index (χ1) is 21.4. The molecule has 1 saturated heterocycles. The number of carbonyl (C=O) groups is 5. The van der Waals surface area contributed by atoms with Crippen LogP contribution < -0.4 is 14.2 Å². The molecule has 2 aliphatic heterocycles. The Morgan fingerprint density at radius 3 is 1.96 bits per heavy atom. The Bertz CT molecular complexity index is 1430. The molecule has 0 saturated carbocycles. The maximum absolute atomic E-state index is 13.5. The van der Waals surface area contributed by atoms with Crippen LogP contribution in [0.2, 0.25) is 0 Å². The molecule has 6 atom stereocenters. The van der Waals surface area contributed by atoms with Crippen molar-refractivity contribution < 1.29 is 66.6 Å². The van der Waals surface area contributed by atoms with Gasteiger partial charge in [-0.2, -0.15) is 0 Å². The summed E-state index contributed by atoms with van der Waals surface area (Å²) in [6.45, 7) is 4.05. The number of rotatable bonds is 10. The molecule has 1 unspecified atom stereocenters. The van der Waals surface area contributed by atoms with Crippen LogP contribution in [0.25, 0.3) is 0 Å². The number of methoxy groups -OCH3 is 2. The molecule has 1 fully saturated rings. The van der Waals surface area contributed by atoms with Crippen molar-refractivity contribution in [3.63, 3.8) is 0 Å². The number of cyclic esters (lactones) is 1. The van der Waals surface area contributed by atoms with Gasteiger partial charge in [0.1, 0.15) is 41.6 Å². The topological polar surface area (TPSA) is 168 Å². The maximum Gasteiger partial charge on any atom is 0.342 e. The van der Waals surface area contributed by atoms with Crippen LogP contribution in [-0.4, -0.2) is 81.4 Å². The molecule has 0 spiro atoms. The number of esters is 5. The van der Waals surface area contributed by atoms with Gasteiger partial charge in [0.25, 0.3) is 0 Å². The lowest BCUT2D eigenvalue weighted by atomic mass is 9.93. The second kappa shape index (κ2) is 14.3. The smallest absolute Gasteiger partial charge is 0.342 e. The van der Waals surface area contributed by atoms with E-state index in [1.807, 2.05) is 0 Å². The zero-order valence-corrected chi connectivity index (χ0v) is 25.6. The average molecular weight is 631 g/mol. The van der Waals surface area contributed by atoms with Gasteiger partial charge in [-0.25, -0.2) is 4.79 Å². The van der Waals surface area contributed by atoms with E-state index in [4.69, 9.17) is 42.6 Å². The monoisotopic (exact) mass is 630 g/mol. The molecule has 4 rings (SSSR count). The van der Waals surface area contributed by atoms with E-state index in [1.165, 1.54) is 13.2 Å². The van der Waals surface area contributed by atoms with Crippen LogP contribution in [0.5, 0.6) is 17.2 Å². The van der Waals surface area contributed by atoms with Gasteiger partial charge in [0.05, 0.1) is 14.2 Å². The van der Waals surface area contributed by atoms with Crippen LogP contribution in [-0.2, 0) is 54.0 Å². The first-order valence-electron chi connectivity index (χ1n) is 13.9. The van der Waals surface area contributed by atoms with Gasteiger partial charge < -0.3 is 42.6 Å². The normalized spacial score (nSPS) is 23.8. The van der Waals surface area contributed by atoms with Crippen LogP contribution in [0.15, 0.2) is 36.4 Å². The fourth-order valence-corrected chi connectivity index (χ4v) is 5.09. The third-order valence-corrected chi connectivity index (χ3v) is 6.93. The summed E-state index contributed by atoms with van der Waals surface area (Å²) < 4.78 is 50.1. The van der Waals surface area contributed by atoms with E-state index in [0.717, 1.165) is 33.3 Å². The highest BCUT2D eigenvalue weighted by atomic mass is 16.7. The lowest BCUT2D eigenvalue weighted by Gasteiger charge is -2.44. The van der Waals surface area contributed by atoms with Gasteiger partial charge in [-0.15, -0.1) is 0 Å². The molecule has 45 heavy (non-hydrogen) atoms. The standard InChI is InChI=1S/C31H34O14/c1-15(32)39-14-25-27(40-16(2)33)28(41-17(3)34)29(42-18(4)35)31(45-25)44-24-13-22(38-6)11-20-12-23(43-30(36)26(20)24)19-7-9-21(37-5)10-8-19/h7-11,13,23,25,27-29,31H,12,14H2,1-6H3/t23?,25-,27-,28+,29-,31-/m1/s1. The molecule has 0 radical (unpaired) electrons. The molecule has 2 aliphatic rings. The molecule has 2 aromatic rings. The largest absolute Gasteiger partial charge is 0.497 e. The van der Waals surface area contributed by atoms with Gasteiger partial charge in [0.2, 0.25) is 12.4 Å². The highest BCUT2D eigenvalue weighted by Gasteiger charge is 2.53. The Balaban J connectivity index is 1.74. The molecule has 0 amide bonds. The second-order valence-electron chi connectivity index (χ2n) is 10.2. The second-order valence-corrected chi connectivity index (χ2v) is 10.2. The van der Waals surface area contributed by atoms with Gasteiger partial charge >= 0.3 is 29.8 Å². The van der Waals surface area contributed by atoms with Crippen LogP contribution in [0.1, 0.15) is 55.3 Å². The molecule has 2 aromatic carbocycles. The van der Waals surface area contributed by atoms with E-state index in [9.17, 15) is 24.0 Å². The van der Waals surface area contributed by atoms with Crippen molar-refractivity contribution in [3.8, 4) is 17.2 Å². The van der Waals surface area contributed by atoms with E-state index in [0.29, 0.717) is 17.1 Å². The van der Waals surface area contributed by atoms with Crippen LogP contribution in [0, 0.1) is 0 Å². The van der Waals surface area contributed by atoms with Crippen molar-refractivity contribution >= 4 is 29.8 Å². The minimum atomic E-state index is -1.56. The summed E-state index contributed by atoms with van der Waals surface area (Å²) in [5.41, 5.74) is 1.33. The molecule has 0 N–H and O–H groups in total. The van der Waals surface area contributed by atoms with Gasteiger partial charge in [-0.1, -0.05) is 12.1 Å². The van der Waals surface area contributed by atoms with Gasteiger partial charge in [-0.05, 0) is 29.3 Å². The van der Waals surface area contributed by atoms with Gasteiger partial charge in [0, 0.05) is 40.2 Å². The minimum absolute atomic E-state index is 0.0524. The Morgan fingerprint density at radius 2 is 1.38 bits per heavy atom. The summed E-state index contributed by atoms with van der Waals surface area (Å²) >= 11 is 0. The van der Waals surface area contributed by atoms with E-state index in [-0.39, 0.29) is 17.7 Å². The molecule has 0 aliphatic carbocycles. The van der Waals surface area contributed by atoms with Crippen molar-refractivity contribution in [1.29, 1.82) is 0 Å². The number of fused-ring (bicyclic) bond motifs is 1. The molecule has 0 aromatic heterocycles. The van der Waals surface area contributed by atoms with Crippen molar-refractivity contribution in [2.75, 3.05) is 20.8 Å². The zero-order chi connectivity index (χ0) is 32.8. The van der Waals surface area contributed by atoms with Gasteiger partial charge in [-0.3, -0.25) is 19.2 Å². The Labute approximate surface area is 258 Å². The van der Waals surface area contributed by atoms with Crippen LogP contribution >= 0.6 is 0 Å². The SMILES string of the molecule is COc1ccc(C2Cc3cc(OC)cc(O[C@@H]4O[C@H](COC(C)=O)[C@@H](OC(C)=O)[C@H](OC(C)=O)[C@H]4OC(C)=O)c3C(=O)O2)cc1. The number of hydrogen-bond acceptors (Lipinski definition) is 14. The molecule has 2 heterocycles. The van der Waals surface area contributed by atoms with Crippen molar-refractivity contribution in [1.82, 2.24) is 0 Å². The molecule has 14 nitrogen and oxygen atoms in total. The van der Waals surface area contributed by atoms with Crippen molar-refractivity contribution in [2.45, 2.75) is 70.9 Å². The lowest BCUT2D eigenvalue weighted by molar-refractivity contribution is -0.288. The molecule has 242 valence electrons. The highest BCUT2D eigenvalue weighted by molar-refractivity contribution is 5.95. The van der Waals surface area contributed by atoms with Crippen molar-refractivity contribution in [2.24, 2.45) is 0 Å².